The Morgan fingerprint density at radius 2 is 1.23 bits per heavy atom. The van der Waals surface area contributed by atoms with Crippen LogP contribution in [-0.2, 0) is 11.2 Å². The molecular formula is C34H22O9. The molecule has 3 aliphatic heterocycles. The second-order valence-electron chi connectivity index (χ2n) is 10.6. The monoisotopic (exact) mass is 574 g/mol. The molecule has 212 valence electrons. The zero-order chi connectivity index (χ0) is 28.7. The molecule has 0 radical (unpaired) electrons. The maximum absolute atomic E-state index is 13.5. The molecule has 43 heavy (non-hydrogen) atoms. The minimum absolute atomic E-state index is 0.0480. The fraction of sp³-hybridized carbons (Fsp3) is 0.147. The zero-order valence-corrected chi connectivity index (χ0v) is 22.9. The lowest BCUT2D eigenvalue weighted by Crippen LogP contribution is -2.11. The van der Waals surface area contributed by atoms with E-state index in [9.17, 15) is 4.79 Å². The van der Waals surface area contributed by atoms with E-state index in [0.29, 0.717) is 40.2 Å². The largest absolute Gasteiger partial charge is 0.497 e. The Morgan fingerprint density at radius 1 is 0.605 bits per heavy atom. The quantitative estimate of drug-likeness (QED) is 0.131. The van der Waals surface area contributed by atoms with E-state index in [1.807, 2.05) is 54.6 Å². The van der Waals surface area contributed by atoms with Gasteiger partial charge in [-0.05, 0) is 92.5 Å². The number of benzene rings is 6. The van der Waals surface area contributed by atoms with Crippen molar-refractivity contribution >= 4 is 49.1 Å². The Kier molecular flexibility index (Phi) is 5.02. The Labute approximate surface area is 243 Å². The Balaban J connectivity index is 1.31. The van der Waals surface area contributed by atoms with Crippen molar-refractivity contribution in [3.8, 4) is 46.0 Å². The summed E-state index contributed by atoms with van der Waals surface area (Å²) < 4.78 is 45.7. The lowest BCUT2D eigenvalue weighted by atomic mass is 9.90. The average molecular weight is 575 g/mol. The summed E-state index contributed by atoms with van der Waals surface area (Å²) in [6.07, 6.45) is 0.0480. The standard InChI is InChI=1S/C34H22O9/c1-36-19-3-4-20-22(10-19)23-12-29-30(42-16-41-29)13-24(23)34-31(9-18-8-27-28(40-15-39-27)11-21(18)33(20)34)43-32(35)7-17-2-5-25-26(6-17)38-14-37-25/h2-6,8-13H,7,14-16H2,1H3. The van der Waals surface area contributed by atoms with Gasteiger partial charge in [-0.3, -0.25) is 4.79 Å². The van der Waals surface area contributed by atoms with E-state index in [0.717, 1.165) is 54.4 Å². The van der Waals surface area contributed by atoms with Crippen LogP contribution in [0.4, 0.5) is 0 Å². The van der Waals surface area contributed by atoms with E-state index >= 15 is 0 Å². The molecule has 6 aromatic rings. The van der Waals surface area contributed by atoms with Crippen LogP contribution in [0.15, 0.2) is 66.7 Å². The van der Waals surface area contributed by atoms with Gasteiger partial charge < -0.3 is 37.9 Å². The summed E-state index contributed by atoms with van der Waals surface area (Å²) in [5, 5.41) is 7.15. The molecule has 0 spiro atoms. The van der Waals surface area contributed by atoms with E-state index in [1.165, 1.54) is 0 Å². The van der Waals surface area contributed by atoms with Gasteiger partial charge >= 0.3 is 5.97 Å². The van der Waals surface area contributed by atoms with E-state index in [4.69, 9.17) is 37.9 Å². The van der Waals surface area contributed by atoms with Gasteiger partial charge in [0.15, 0.2) is 34.5 Å². The van der Waals surface area contributed by atoms with Gasteiger partial charge in [-0.15, -0.1) is 0 Å². The number of esters is 1. The van der Waals surface area contributed by atoms with Crippen molar-refractivity contribution in [3.63, 3.8) is 0 Å². The Bertz CT molecular complexity index is 2190. The molecule has 3 heterocycles. The topological polar surface area (TPSA) is 90.9 Å². The minimum atomic E-state index is -0.413. The predicted molar refractivity (Wildman–Crippen MR) is 157 cm³/mol. The molecule has 0 saturated carbocycles. The van der Waals surface area contributed by atoms with Crippen molar-refractivity contribution in [1.82, 2.24) is 0 Å². The third-order valence-electron chi connectivity index (χ3n) is 8.17. The molecule has 0 saturated heterocycles. The number of fused-ring (bicyclic) bond motifs is 11. The van der Waals surface area contributed by atoms with E-state index in [2.05, 4.69) is 0 Å². The second-order valence-corrected chi connectivity index (χ2v) is 10.6. The second kappa shape index (κ2) is 8.96. The van der Waals surface area contributed by atoms with Gasteiger partial charge in [0.1, 0.15) is 11.5 Å². The van der Waals surface area contributed by atoms with Crippen LogP contribution in [-0.4, -0.2) is 33.5 Å². The number of methoxy groups -OCH3 is 1. The highest BCUT2D eigenvalue weighted by Crippen LogP contribution is 2.50. The Hall–Kier alpha value is -5.57. The first kappa shape index (κ1) is 24.1. The smallest absolute Gasteiger partial charge is 0.315 e. The van der Waals surface area contributed by atoms with Crippen LogP contribution in [0.2, 0.25) is 0 Å². The van der Waals surface area contributed by atoms with Crippen LogP contribution in [0.3, 0.4) is 0 Å². The van der Waals surface area contributed by atoms with E-state index in [1.54, 1.807) is 19.2 Å². The molecule has 0 bridgehead atoms. The summed E-state index contributed by atoms with van der Waals surface area (Å²) in [7, 11) is 1.65. The highest BCUT2D eigenvalue weighted by molar-refractivity contribution is 6.33. The fourth-order valence-corrected chi connectivity index (χ4v) is 6.23. The van der Waals surface area contributed by atoms with Crippen molar-refractivity contribution < 1.29 is 42.7 Å². The van der Waals surface area contributed by atoms with Crippen molar-refractivity contribution in [2.75, 3.05) is 27.5 Å². The molecule has 0 atom stereocenters. The summed E-state index contributed by atoms with van der Waals surface area (Å²) in [6, 6.07) is 21.1. The number of carbonyl (C=O) groups excluding carboxylic acids is 1. The first-order chi connectivity index (χ1) is 21.1. The number of hydrogen-bond acceptors (Lipinski definition) is 9. The van der Waals surface area contributed by atoms with Crippen LogP contribution >= 0.6 is 0 Å². The summed E-state index contributed by atoms with van der Waals surface area (Å²) in [5.74, 6) is 4.58. The lowest BCUT2D eigenvalue weighted by Gasteiger charge is -2.18. The average Bonchev–Trinajstić information content (AvgIpc) is 3.79. The maximum Gasteiger partial charge on any atom is 0.315 e. The molecular weight excluding hydrogens is 552 g/mol. The normalized spacial score (nSPS) is 14.3. The predicted octanol–water partition coefficient (Wildman–Crippen LogP) is 6.64. The van der Waals surface area contributed by atoms with E-state index < -0.39 is 5.97 Å². The molecule has 9 nitrogen and oxygen atoms in total. The van der Waals surface area contributed by atoms with Gasteiger partial charge in [-0.2, -0.15) is 0 Å². The maximum atomic E-state index is 13.5. The Morgan fingerprint density at radius 3 is 1.98 bits per heavy atom. The van der Waals surface area contributed by atoms with Crippen molar-refractivity contribution in [3.05, 3.63) is 72.3 Å². The highest BCUT2D eigenvalue weighted by atomic mass is 16.7. The van der Waals surface area contributed by atoms with Gasteiger partial charge in [0.25, 0.3) is 0 Å². The molecule has 3 aliphatic rings. The molecule has 9 rings (SSSR count). The van der Waals surface area contributed by atoms with Crippen molar-refractivity contribution in [2.45, 2.75) is 6.42 Å². The first-order valence-electron chi connectivity index (χ1n) is 13.8. The van der Waals surface area contributed by atoms with Crippen LogP contribution in [0.25, 0.3) is 43.1 Å². The van der Waals surface area contributed by atoms with E-state index in [-0.39, 0.29) is 26.8 Å². The summed E-state index contributed by atoms with van der Waals surface area (Å²) in [5.41, 5.74) is 0.758. The van der Waals surface area contributed by atoms with Crippen LogP contribution < -0.4 is 37.9 Å². The van der Waals surface area contributed by atoms with Gasteiger partial charge in [0.2, 0.25) is 20.4 Å². The number of rotatable bonds is 4. The first-order valence-corrected chi connectivity index (χ1v) is 13.8. The minimum Gasteiger partial charge on any atom is -0.497 e. The summed E-state index contributed by atoms with van der Waals surface area (Å²) in [6.45, 7) is 0.441. The third-order valence-corrected chi connectivity index (χ3v) is 8.17. The lowest BCUT2D eigenvalue weighted by molar-refractivity contribution is -0.133. The van der Waals surface area contributed by atoms with Crippen LogP contribution in [0.1, 0.15) is 5.56 Å². The van der Waals surface area contributed by atoms with Crippen molar-refractivity contribution in [2.24, 2.45) is 0 Å². The molecule has 0 amide bonds. The number of ether oxygens (including phenoxy) is 8. The SMILES string of the molecule is COc1ccc2c(c1)c1cc3c(cc1c1c(OC(=O)Cc4ccc5c(c4)OCO5)cc4cc5c(cc4c21)OCO5)OCO3. The molecule has 6 aromatic carbocycles. The third kappa shape index (κ3) is 3.67. The van der Waals surface area contributed by atoms with Crippen LogP contribution in [0, 0.1) is 0 Å². The van der Waals surface area contributed by atoms with Gasteiger partial charge in [0, 0.05) is 10.8 Å². The zero-order valence-electron chi connectivity index (χ0n) is 22.9. The molecule has 0 N–H and O–H groups in total. The van der Waals surface area contributed by atoms with Gasteiger partial charge in [-0.1, -0.05) is 12.1 Å². The van der Waals surface area contributed by atoms with Gasteiger partial charge in [0.05, 0.1) is 13.5 Å². The van der Waals surface area contributed by atoms with Crippen molar-refractivity contribution in [1.29, 1.82) is 0 Å². The van der Waals surface area contributed by atoms with Gasteiger partial charge in [-0.25, -0.2) is 0 Å². The number of hydrogen-bond donors (Lipinski definition) is 0. The number of carbonyl (C=O) groups is 1. The molecule has 0 fully saturated rings. The highest BCUT2D eigenvalue weighted by Gasteiger charge is 2.25. The molecule has 0 aliphatic carbocycles. The summed E-state index contributed by atoms with van der Waals surface area (Å²) >= 11 is 0. The fourth-order valence-electron chi connectivity index (χ4n) is 6.23. The molecule has 9 heteroatoms. The van der Waals surface area contributed by atoms with Crippen LogP contribution in [0.5, 0.6) is 46.0 Å². The summed E-state index contributed by atoms with van der Waals surface area (Å²) in [4.78, 5) is 13.5. The molecule has 0 unspecified atom stereocenters. The molecule has 0 aromatic heterocycles.